The van der Waals surface area contributed by atoms with Crippen LogP contribution in [0.3, 0.4) is 0 Å². The van der Waals surface area contributed by atoms with Gasteiger partial charge in [-0.3, -0.25) is 0 Å². The number of hydrogen-bond acceptors (Lipinski definition) is 3. The summed E-state index contributed by atoms with van der Waals surface area (Å²) in [5, 5.41) is 0.0453. The first-order valence-corrected chi connectivity index (χ1v) is 8.21. The topological polar surface area (TPSA) is 59.1 Å². The van der Waals surface area contributed by atoms with Gasteiger partial charge in [0.05, 0.1) is 0 Å². The van der Waals surface area contributed by atoms with Crippen LogP contribution in [0.15, 0.2) is 65.8 Å². The van der Waals surface area contributed by atoms with Gasteiger partial charge in [-0.2, -0.15) is 0 Å². The minimum absolute atomic E-state index is 0.0453. The Morgan fingerprint density at radius 2 is 1.86 bits per heavy atom. The van der Waals surface area contributed by atoms with E-state index < -0.39 is 10.0 Å². The van der Waals surface area contributed by atoms with E-state index in [4.69, 9.17) is 0 Å². The molecule has 0 fully saturated rings. The SMILES string of the molecule is C[C@@H](C/C=C/c1ccccc1)NS(=O)(=O)c1ccccn1. The van der Waals surface area contributed by atoms with Crippen molar-refractivity contribution in [2.24, 2.45) is 0 Å². The standard InChI is InChI=1S/C16H18N2O2S/c1-14(8-7-11-15-9-3-2-4-10-15)18-21(19,20)16-12-5-6-13-17-16/h2-7,9-14,18H,8H2,1H3/b11-7+/t14-/m0/s1. The van der Waals surface area contributed by atoms with E-state index in [1.165, 1.54) is 12.3 Å². The van der Waals surface area contributed by atoms with Gasteiger partial charge < -0.3 is 0 Å². The molecule has 110 valence electrons. The van der Waals surface area contributed by atoms with Crippen LogP contribution in [0, 0.1) is 0 Å². The highest BCUT2D eigenvalue weighted by Gasteiger charge is 2.17. The molecule has 2 rings (SSSR count). The van der Waals surface area contributed by atoms with Gasteiger partial charge in [-0.25, -0.2) is 18.1 Å². The molecule has 1 aromatic carbocycles. The van der Waals surface area contributed by atoms with Gasteiger partial charge in [0.25, 0.3) is 10.0 Å². The van der Waals surface area contributed by atoms with E-state index in [1.807, 2.05) is 49.4 Å². The van der Waals surface area contributed by atoms with Crippen LogP contribution >= 0.6 is 0 Å². The Balaban J connectivity index is 1.93. The van der Waals surface area contributed by atoms with Gasteiger partial charge in [-0.05, 0) is 31.0 Å². The van der Waals surface area contributed by atoms with Crippen molar-refractivity contribution < 1.29 is 8.42 Å². The van der Waals surface area contributed by atoms with E-state index in [2.05, 4.69) is 9.71 Å². The molecule has 0 saturated carbocycles. The summed E-state index contributed by atoms with van der Waals surface area (Å²) < 4.78 is 26.8. The summed E-state index contributed by atoms with van der Waals surface area (Å²) >= 11 is 0. The van der Waals surface area contributed by atoms with E-state index in [1.54, 1.807) is 12.1 Å². The van der Waals surface area contributed by atoms with Crippen molar-refractivity contribution in [1.29, 1.82) is 0 Å². The fourth-order valence-corrected chi connectivity index (χ4v) is 3.06. The molecule has 0 aliphatic carbocycles. The van der Waals surface area contributed by atoms with E-state index in [9.17, 15) is 8.42 Å². The number of rotatable bonds is 6. The van der Waals surface area contributed by atoms with Crippen molar-refractivity contribution in [3.8, 4) is 0 Å². The number of benzene rings is 1. The van der Waals surface area contributed by atoms with Crippen molar-refractivity contribution in [2.45, 2.75) is 24.4 Å². The first kappa shape index (κ1) is 15.4. The summed E-state index contributed by atoms with van der Waals surface area (Å²) in [6.07, 6.45) is 6.02. The molecule has 21 heavy (non-hydrogen) atoms. The lowest BCUT2D eigenvalue weighted by molar-refractivity contribution is 0.558. The fourth-order valence-electron chi connectivity index (χ4n) is 1.85. The first-order valence-electron chi connectivity index (χ1n) is 6.73. The molecule has 1 heterocycles. The minimum atomic E-state index is -3.55. The van der Waals surface area contributed by atoms with Gasteiger partial charge in [0.2, 0.25) is 0 Å². The minimum Gasteiger partial charge on any atom is -0.243 e. The number of nitrogens with one attached hydrogen (secondary N) is 1. The van der Waals surface area contributed by atoms with Gasteiger partial charge >= 0.3 is 0 Å². The highest BCUT2D eigenvalue weighted by Crippen LogP contribution is 2.07. The number of sulfonamides is 1. The van der Waals surface area contributed by atoms with Crippen molar-refractivity contribution >= 4 is 16.1 Å². The summed E-state index contributed by atoms with van der Waals surface area (Å²) in [4.78, 5) is 3.86. The third-order valence-corrected chi connectivity index (χ3v) is 4.37. The summed E-state index contributed by atoms with van der Waals surface area (Å²) in [6.45, 7) is 1.83. The lowest BCUT2D eigenvalue weighted by Gasteiger charge is -2.11. The number of nitrogens with zero attached hydrogens (tertiary/aromatic N) is 1. The number of pyridine rings is 1. The monoisotopic (exact) mass is 302 g/mol. The van der Waals surface area contributed by atoms with Gasteiger partial charge in [0.15, 0.2) is 5.03 Å². The third kappa shape index (κ3) is 4.81. The van der Waals surface area contributed by atoms with Crippen molar-refractivity contribution in [3.05, 3.63) is 66.4 Å². The van der Waals surface area contributed by atoms with Crippen LogP contribution in [-0.2, 0) is 10.0 Å². The predicted molar refractivity (Wildman–Crippen MR) is 84.1 cm³/mol. The van der Waals surface area contributed by atoms with E-state index in [-0.39, 0.29) is 11.1 Å². The Hall–Kier alpha value is -1.98. The second-order valence-electron chi connectivity index (χ2n) is 4.74. The molecule has 5 heteroatoms. The van der Waals surface area contributed by atoms with Gasteiger partial charge in [0.1, 0.15) is 0 Å². The second-order valence-corrected chi connectivity index (χ2v) is 6.40. The number of aromatic nitrogens is 1. The quantitative estimate of drug-likeness (QED) is 0.892. The maximum Gasteiger partial charge on any atom is 0.258 e. The Kier molecular flexibility index (Phi) is 5.25. The zero-order valence-electron chi connectivity index (χ0n) is 11.8. The summed E-state index contributed by atoms with van der Waals surface area (Å²) in [5.41, 5.74) is 1.09. The normalized spacial score (nSPS) is 13.4. The van der Waals surface area contributed by atoms with Crippen molar-refractivity contribution in [2.75, 3.05) is 0 Å². The number of hydrogen-bond donors (Lipinski definition) is 1. The molecule has 1 atom stereocenters. The lowest BCUT2D eigenvalue weighted by Crippen LogP contribution is -2.32. The molecule has 0 radical (unpaired) electrons. The predicted octanol–water partition coefficient (Wildman–Crippen LogP) is 2.85. The summed E-state index contributed by atoms with van der Waals surface area (Å²) in [6, 6.07) is 14.5. The van der Waals surface area contributed by atoms with Crippen LogP contribution < -0.4 is 4.72 Å². The summed E-state index contributed by atoms with van der Waals surface area (Å²) in [5.74, 6) is 0. The Morgan fingerprint density at radius 1 is 1.14 bits per heavy atom. The molecule has 2 aromatic rings. The van der Waals surface area contributed by atoms with Crippen molar-refractivity contribution in [1.82, 2.24) is 9.71 Å². The molecule has 0 saturated heterocycles. The highest BCUT2D eigenvalue weighted by atomic mass is 32.2. The molecule has 0 aliphatic rings. The average molecular weight is 302 g/mol. The van der Waals surface area contributed by atoms with Crippen LogP contribution in [0.2, 0.25) is 0 Å². The molecular weight excluding hydrogens is 284 g/mol. The summed E-state index contributed by atoms with van der Waals surface area (Å²) in [7, 11) is -3.55. The Labute approximate surface area is 125 Å². The van der Waals surface area contributed by atoms with Crippen LogP contribution in [0.5, 0.6) is 0 Å². The van der Waals surface area contributed by atoms with E-state index in [0.717, 1.165) is 5.56 Å². The van der Waals surface area contributed by atoms with Crippen LogP contribution in [0.4, 0.5) is 0 Å². The Morgan fingerprint density at radius 3 is 2.52 bits per heavy atom. The first-order chi connectivity index (χ1) is 10.1. The Bertz CT molecular complexity index is 683. The fraction of sp³-hybridized carbons (Fsp3) is 0.188. The zero-order valence-corrected chi connectivity index (χ0v) is 12.6. The van der Waals surface area contributed by atoms with E-state index in [0.29, 0.717) is 6.42 Å². The van der Waals surface area contributed by atoms with Crippen LogP contribution in [0.25, 0.3) is 6.08 Å². The molecule has 0 aliphatic heterocycles. The molecular formula is C16H18N2O2S. The van der Waals surface area contributed by atoms with Gasteiger partial charge in [-0.1, -0.05) is 48.6 Å². The maximum absolute atomic E-state index is 12.1. The second kappa shape index (κ2) is 7.15. The molecule has 0 amide bonds. The molecule has 4 nitrogen and oxygen atoms in total. The van der Waals surface area contributed by atoms with Crippen LogP contribution in [0.1, 0.15) is 18.9 Å². The largest absolute Gasteiger partial charge is 0.258 e. The van der Waals surface area contributed by atoms with Crippen molar-refractivity contribution in [3.63, 3.8) is 0 Å². The zero-order chi connectivity index (χ0) is 15.1. The molecule has 0 spiro atoms. The average Bonchev–Trinajstić information content (AvgIpc) is 2.49. The van der Waals surface area contributed by atoms with Gasteiger partial charge in [0, 0.05) is 12.2 Å². The maximum atomic E-state index is 12.1. The lowest BCUT2D eigenvalue weighted by atomic mass is 10.2. The smallest absolute Gasteiger partial charge is 0.243 e. The molecule has 1 N–H and O–H groups in total. The highest BCUT2D eigenvalue weighted by molar-refractivity contribution is 7.89. The molecule has 0 unspecified atom stereocenters. The van der Waals surface area contributed by atoms with E-state index >= 15 is 0 Å². The molecule has 0 bridgehead atoms. The van der Waals surface area contributed by atoms with Gasteiger partial charge in [-0.15, -0.1) is 0 Å². The molecule has 1 aromatic heterocycles. The third-order valence-electron chi connectivity index (χ3n) is 2.87. The van der Waals surface area contributed by atoms with Crippen LogP contribution in [-0.4, -0.2) is 19.4 Å².